The highest BCUT2D eigenvalue weighted by molar-refractivity contribution is 6.19. The second kappa shape index (κ2) is 1.01. The van der Waals surface area contributed by atoms with E-state index in [0.717, 1.165) is 0 Å². The lowest BCUT2D eigenvalue weighted by Gasteiger charge is -2.02. The van der Waals surface area contributed by atoms with E-state index in [2.05, 4.69) is 9.31 Å². The summed E-state index contributed by atoms with van der Waals surface area (Å²) in [6.45, 7) is 0. The van der Waals surface area contributed by atoms with Crippen molar-refractivity contribution < 1.29 is 9.31 Å². The Morgan fingerprint density at radius 3 is 2.00 bits per heavy atom. The molecule has 0 saturated heterocycles. The third kappa shape index (κ3) is 0.346. The summed E-state index contributed by atoms with van der Waals surface area (Å²) in [4.78, 5) is 0. The maximum atomic E-state index is 4.42. The molecular formula is C2H2BO2-. The second-order valence-electron chi connectivity index (χ2n) is 0.641. The van der Waals surface area contributed by atoms with Gasteiger partial charge < -0.3 is 9.31 Å². The maximum absolute atomic E-state index is 4.42. The maximum Gasteiger partial charge on any atom is 0.136 e. The first-order valence-electron chi connectivity index (χ1n) is 1.28. The topological polar surface area (TPSA) is 18.5 Å². The van der Waals surface area contributed by atoms with Crippen LogP contribution < -0.4 is 0 Å². The quantitative estimate of drug-likeness (QED) is 0.374. The molecule has 26 valence electrons. The summed E-state index contributed by atoms with van der Waals surface area (Å²) in [5.74, 6) is 0. The molecule has 1 aliphatic heterocycles. The standard InChI is InChI=1S/C2H2BO2/c1-2-5-3-4-1/h1-2H/q-1. The van der Waals surface area contributed by atoms with Gasteiger partial charge in [0.15, 0.2) is 0 Å². The van der Waals surface area contributed by atoms with E-state index < -0.39 is 0 Å². The van der Waals surface area contributed by atoms with Crippen molar-refractivity contribution in [3.63, 3.8) is 0 Å². The van der Waals surface area contributed by atoms with Crippen LogP contribution in [0, 0.1) is 0 Å². The van der Waals surface area contributed by atoms with Crippen molar-refractivity contribution in [3.8, 4) is 0 Å². The fraction of sp³-hybridized carbons (Fsp3) is 0. The van der Waals surface area contributed by atoms with Crippen molar-refractivity contribution in [3.05, 3.63) is 12.5 Å². The molecule has 2 nitrogen and oxygen atoms in total. The van der Waals surface area contributed by atoms with Crippen molar-refractivity contribution in [1.82, 2.24) is 0 Å². The minimum Gasteiger partial charge on any atom is -0.729 e. The van der Waals surface area contributed by atoms with Crippen LogP contribution in [0.3, 0.4) is 0 Å². The van der Waals surface area contributed by atoms with Crippen LogP contribution in [0.15, 0.2) is 12.5 Å². The molecule has 0 unspecified atom stereocenters. The van der Waals surface area contributed by atoms with Gasteiger partial charge in [0.25, 0.3) is 0 Å². The van der Waals surface area contributed by atoms with Crippen molar-refractivity contribution in [1.29, 1.82) is 0 Å². The Bertz CT molecular complexity index is 45.6. The lowest BCUT2D eigenvalue weighted by Crippen LogP contribution is -1.82. The molecule has 3 heteroatoms. The first-order valence-corrected chi connectivity index (χ1v) is 1.28. The molecular weight excluding hydrogens is 66.8 g/mol. The molecule has 1 aliphatic rings. The van der Waals surface area contributed by atoms with Crippen LogP contribution in [0.5, 0.6) is 0 Å². The van der Waals surface area contributed by atoms with Crippen LogP contribution in [-0.4, -0.2) is 7.69 Å². The molecule has 0 atom stereocenters. The number of hydrogen-bond acceptors (Lipinski definition) is 2. The largest absolute Gasteiger partial charge is 0.729 e. The van der Waals surface area contributed by atoms with Gasteiger partial charge in [0.2, 0.25) is 0 Å². The van der Waals surface area contributed by atoms with Gasteiger partial charge in [-0.05, 0) is 0 Å². The Hall–Kier alpha value is -0.595. The molecule has 0 aromatic rings. The van der Waals surface area contributed by atoms with Gasteiger partial charge in [-0.1, -0.05) is 0 Å². The lowest BCUT2D eigenvalue weighted by atomic mass is 10.4. The fourth-order valence-electron chi connectivity index (χ4n) is 0.160. The molecule has 0 bridgehead atoms. The number of hydrogen-bond donors (Lipinski definition) is 0. The van der Waals surface area contributed by atoms with E-state index >= 15 is 0 Å². The fourth-order valence-corrected chi connectivity index (χ4v) is 0.160. The monoisotopic (exact) mass is 69.0 g/mol. The van der Waals surface area contributed by atoms with Crippen LogP contribution in [0.4, 0.5) is 0 Å². The minimum atomic E-state index is 1.25. The SMILES string of the molecule is [B-]1OC=CO1. The molecule has 0 N–H and O–H groups in total. The predicted molar refractivity (Wildman–Crippen MR) is 17.1 cm³/mol. The Kier molecular flexibility index (Phi) is 0.534. The van der Waals surface area contributed by atoms with Crippen LogP contribution in [-0.2, 0) is 9.31 Å². The highest BCUT2D eigenvalue weighted by Crippen LogP contribution is 1.85. The molecule has 0 aliphatic carbocycles. The first kappa shape index (κ1) is 2.63. The summed E-state index contributed by atoms with van der Waals surface area (Å²) in [5.41, 5.74) is 0. The minimum absolute atomic E-state index is 1.25. The van der Waals surface area contributed by atoms with E-state index in [1.807, 2.05) is 0 Å². The number of rotatable bonds is 0. The zero-order chi connectivity index (χ0) is 3.54. The van der Waals surface area contributed by atoms with E-state index in [9.17, 15) is 0 Å². The van der Waals surface area contributed by atoms with Gasteiger partial charge in [-0.25, -0.2) is 0 Å². The molecule has 1 rings (SSSR count). The van der Waals surface area contributed by atoms with Crippen molar-refractivity contribution in [2.24, 2.45) is 0 Å². The third-order valence-corrected chi connectivity index (χ3v) is 0.324. The summed E-state index contributed by atoms with van der Waals surface area (Å²) >= 11 is 0. The molecule has 0 aromatic carbocycles. The highest BCUT2D eigenvalue weighted by atomic mass is 16.6. The van der Waals surface area contributed by atoms with E-state index in [1.54, 1.807) is 0 Å². The average molecular weight is 68.8 g/mol. The molecule has 5 heavy (non-hydrogen) atoms. The third-order valence-electron chi connectivity index (χ3n) is 0.324. The van der Waals surface area contributed by atoms with Crippen LogP contribution >= 0.6 is 0 Å². The average Bonchev–Trinajstić information content (AvgIpc) is 1.76. The summed E-state index contributed by atoms with van der Waals surface area (Å²) in [6.07, 6.45) is 2.92. The summed E-state index contributed by atoms with van der Waals surface area (Å²) in [5, 5.41) is 0. The summed E-state index contributed by atoms with van der Waals surface area (Å²) in [6, 6.07) is 0. The van der Waals surface area contributed by atoms with Gasteiger partial charge in [0, 0.05) is 0 Å². The predicted octanol–water partition coefficient (Wildman–Crippen LogP) is 0.0386. The van der Waals surface area contributed by atoms with E-state index in [1.165, 1.54) is 20.2 Å². The Labute approximate surface area is 30.7 Å². The zero-order valence-corrected chi connectivity index (χ0v) is 2.55. The Morgan fingerprint density at radius 2 is 1.80 bits per heavy atom. The molecule has 0 saturated carbocycles. The smallest absolute Gasteiger partial charge is 0.136 e. The molecule has 1 heterocycles. The molecule has 0 spiro atoms. The van der Waals surface area contributed by atoms with Crippen LogP contribution in [0.2, 0.25) is 0 Å². The molecule has 0 fully saturated rings. The first-order chi connectivity index (χ1) is 2.50. The molecule has 0 aromatic heterocycles. The highest BCUT2D eigenvalue weighted by Gasteiger charge is 1.68. The van der Waals surface area contributed by atoms with Gasteiger partial charge in [0.05, 0.1) is 12.5 Å². The van der Waals surface area contributed by atoms with Crippen molar-refractivity contribution in [2.45, 2.75) is 0 Å². The van der Waals surface area contributed by atoms with E-state index in [0.29, 0.717) is 0 Å². The van der Waals surface area contributed by atoms with Crippen molar-refractivity contribution >= 4 is 7.69 Å². The van der Waals surface area contributed by atoms with Crippen molar-refractivity contribution in [2.75, 3.05) is 0 Å². The van der Waals surface area contributed by atoms with E-state index in [-0.39, 0.29) is 0 Å². The van der Waals surface area contributed by atoms with Gasteiger partial charge in [-0.2, -0.15) is 0 Å². The van der Waals surface area contributed by atoms with E-state index in [4.69, 9.17) is 0 Å². The summed E-state index contributed by atoms with van der Waals surface area (Å²) < 4.78 is 8.83. The lowest BCUT2D eigenvalue weighted by molar-refractivity contribution is 0.444. The normalized spacial score (nSPS) is 17.6. The Morgan fingerprint density at radius 1 is 1.20 bits per heavy atom. The summed E-state index contributed by atoms with van der Waals surface area (Å²) in [7, 11) is 1.25. The second-order valence-corrected chi connectivity index (χ2v) is 0.641. The van der Waals surface area contributed by atoms with Gasteiger partial charge in [-0.15, -0.1) is 0 Å². The van der Waals surface area contributed by atoms with Gasteiger partial charge in [-0.3, -0.25) is 0 Å². The molecule has 2 radical (unpaired) electrons. The van der Waals surface area contributed by atoms with Crippen LogP contribution in [0.25, 0.3) is 0 Å². The molecule has 0 amide bonds. The van der Waals surface area contributed by atoms with Gasteiger partial charge in [0.1, 0.15) is 7.69 Å². The van der Waals surface area contributed by atoms with Crippen LogP contribution in [0.1, 0.15) is 0 Å². The zero-order valence-electron chi connectivity index (χ0n) is 2.55. The Balaban J connectivity index is 2.32. The van der Waals surface area contributed by atoms with Gasteiger partial charge >= 0.3 is 0 Å².